The largest absolute Gasteiger partial charge is 0.404 e. The number of pyridine rings is 2. The second-order valence-electron chi connectivity index (χ2n) is 7.63. The Morgan fingerprint density at radius 2 is 1.76 bits per heavy atom. The van der Waals surface area contributed by atoms with E-state index in [0.29, 0.717) is 34.8 Å². The molecule has 1 aromatic carbocycles. The molecule has 1 N–H and O–H groups in total. The minimum Gasteiger partial charge on any atom is -0.307 e. The van der Waals surface area contributed by atoms with Crippen molar-refractivity contribution in [3.05, 3.63) is 72.2 Å². The van der Waals surface area contributed by atoms with Crippen LogP contribution in [0.15, 0.2) is 59.8 Å². The number of aryl methyl sites for hydroxylation is 1. The van der Waals surface area contributed by atoms with Crippen LogP contribution in [0.1, 0.15) is 12.5 Å². The number of sulfonamides is 1. The van der Waals surface area contributed by atoms with Gasteiger partial charge < -0.3 is 4.57 Å². The second kappa shape index (κ2) is 8.44. The first-order valence-corrected chi connectivity index (χ1v) is 11.3. The molecule has 0 aliphatic heterocycles. The number of fused-ring (bicyclic) bond motifs is 1. The Labute approximate surface area is 191 Å². The zero-order chi connectivity index (χ0) is 24.8. The van der Waals surface area contributed by atoms with E-state index in [1.807, 2.05) is 0 Å². The van der Waals surface area contributed by atoms with Crippen LogP contribution >= 0.6 is 0 Å². The molecule has 0 bridgehead atoms. The number of rotatable bonds is 5. The fourth-order valence-corrected chi connectivity index (χ4v) is 4.56. The summed E-state index contributed by atoms with van der Waals surface area (Å²) in [5, 5.41) is 0.481. The molecule has 0 radical (unpaired) electrons. The summed E-state index contributed by atoms with van der Waals surface area (Å²) in [6.45, 7) is 2.26. The van der Waals surface area contributed by atoms with Crippen molar-refractivity contribution in [2.24, 2.45) is 0 Å². The SMILES string of the molecule is Cc1cc2c(cc1F)cc(-c1ccc(S(=O)(=O)NC(C)C(F)(F)F)cn1)n2-c1ccnc(F)c1. The normalized spacial score (nSPS) is 13.4. The van der Waals surface area contributed by atoms with E-state index in [4.69, 9.17) is 0 Å². The average molecular weight is 496 g/mol. The Bertz CT molecular complexity index is 1480. The molecular weight excluding hydrogens is 479 g/mol. The second-order valence-corrected chi connectivity index (χ2v) is 9.34. The Hall–Kier alpha value is -3.38. The molecule has 0 spiro atoms. The molecule has 4 rings (SSSR count). The highest BCUT2D eigenvalue weighted by Gasteiger charge is 2.39. The number of nitrogens with zero attached hydrogens (tertiary/aromatic N) is 3. The molecule has 0 saturated carbocycles. The van der Waals surface area contributed by atoms with Gasteiger partial charge in [0.2, 0.25) is 16.0 Å². The Balaban J connectivity index is 1.82. The third-order valence-electron chi connectivity index (χ3n) is 5.18. The maximum absolute atomic E-state index is 14.2. The molecule has 3 heterocycles. The minimum absolute atomic E-state index is 0.231. The predicted molar refractivity (Wildman–Crippen MR) is 115 cm³/mol. The molecule has 0 fully saturated rings. The molecule has 178 valence electrons. The van der Waals surface area contributed by atoms with Gasteiger partial charge in [-0.05, 0) is 55.8 Å². The first-order chi connectivity index (χ1) is 15.9. The summed E-state index contributed by atoms with van der Waals surface area (Å²) < 4.78 is 94.2. The van der Waals surface area contributed by atoms with Crippen LogP contribution in [0.2, 0.25) is 0 Å². The van der Waals surface area contributed by atoms with Gasteiger partial charge in [0, 0.05) is 23.8 Å². The van der Waals surface area contributed by atoms with Gasteiger partial charge >= 0.3 is 6.18 Å². The minimum atomic E-state index is -4.76. The van der Waals surface area contributed by atoms with Crippen LogP contribution in [0.3, 0.4) is 0 Å². The fraction of sp³-hybridized carbons (Fsp3) is 0.182. The molecule has 0 amide bonds. The van der Waals surface area contributed by atoms with Crippen LogP contribution in [-0.4, -0.2) is 35.2 Å². The van der Waals surface area contributed by atoms with E-state index in [1.54, 1.807) is 28.3 Å². The molecule has 3 aromatic heterocycles. The third kappa shape index (κ3) is 4.50. The van der Waals surface area contributed by atoms with E-state index >= 15 is 0 Å². The van der Waals surface area contributed by atoms with Gasteiger partial charge in [0.05, 0.1) is 22.6 Å². The van der Waals surface area contributed by atoms with Crippen molar-refractivity contribution in [3.8, 4) is 17.1 Å². The molecule has 4 aromatic rings. The maximum Gasteiger partial charge on any atom is 0.404 e. The molecule has 0 aliphatic rings. The molecule has 1 unspecified atom stereocenters. The smallest absolute Gasteiger partial charge is 0.307 e. The van der Waals surface area contributed by atoms with Crippen molar-refractivity contribution in [2.45, 2.75) is 31.0 Å². The van der Waals surface area contributed by atoms with Crippen LogP contribution in [0.25, 0.3) is 28.0 Å². The molecule has 0 aliphatic carbocycles. The summed E-state index contributed by atoms with van der Waals surface area (Å²) in [6.07, 6.45) is -2.58. The number of benzene rings is 1. The van der Waals surface area contributed by atoms with Gasteiger partial charge in [0.15, 0.2) is 0 Å². The van der Waals surface area contributed by atoms with E-state index < -0.39 is 38.9 Å². The summed E-state index contributed by atoms with van der Waals surface area (Å²) in [4.78, 5) is 7.18. The van der Waals surface area contributed by atoms with Crippen LogP contribution in [-0.2, 0) is 10.0 Å². The van der Waals surface area contributed by atoms with Gasteiger partial charge in [-0.2, -0.15) is 22.3 Å². The Morgan fingerprint density at radius 3 is 2.38 bits per heavy atom. The Kier molecular flexibility index (Phi) is 5.90. The number of alkyl halides is 3. The lowest BCUT2D eigenvalue weighted by molar-refractivity contribution is -0.147. The lowest BCUT2D eigenvalue weighted by Crippen LogP contribution is -2.42. The van der Waals surface area contributed by atoms with E-state index in [-0.39, 0.29) is 5.69 Å². The van der Waals surface area contributed by atoms with Crippen molar-refractivity contribution in [1.82, 2.24) is 19.3 Å². The topological polar surface area (TPSA) is 76.9 Å². The van der Waals surface area contributed by atoms with E-state index in [9.17, 15) is 30.4 Å². The molecule has 34 heavy (non-hydrogen) atoms. The number of hydrogen-bond donors (Lipinski definition) is 1. The van der Waals surface area contributed by atoms with Crippen LogP contribution < -0.4 is 4.72 Å². The summed E-state index contributed by atoms with van der Waals surface area (Å²) in [7, 11) is -4.49. The van der Waals surface area contributed by atoms with Gasteiger partial charge in [-0.25, -0.2) is 17.8 Å². The van der Waals surface area contributed by atoms with Crippen molar-refractivity contribution in [3.63, 3.8) is 0 Å². The third-order valence-corrected chi connectivity index (χ3v) is 6.71. The highest BCUT2D eigenvalue weighted by atomic mass is 32.2. The van der Waals surface area contributed by atoms with Crippen molar-refractivity contribution >= 4 is 20.9 Å². The highest BCUT2D eigenvalue weighted by Crippen LogP contribution is 2.32. The quantitative estimate of drug-likeness (QED) is 0.315. The summed E-state index contributed by atoms with van der Waals surface area (Å²) in [5.74, 6) is -1.19. The van der Waals surface area contributed by atoms with Gasteiger partial charge in [-0.1, -0.05) is 0 Å². The zero-order valence-corrected chi connectivity index (χ0v) is 18.5. The number of aromatic nitrogens is 3. The standard InChI is InChI=1S/C22H17F5N4O2S/c1-12-7-19-14(8-17(12)23)9-20(31(19)15-5-6-28-21(24)10-15)18-4-3-16(11-29-18)34(32,33)30-13(2)22(25,26)27/h3-11,13,30H,1-2H3. The molecular formula is C22H17F5N4O2S. The van der Waals surface area contributed by atoms with E-state index in [0.717, 1.165) is 12.3 Å². The summed E-state index contributed by atoms with van der Waals surface area (Å²) >= 11 is 0. The van der Waals surface area contributed by atoms with Gasteiger partial charge in [0.1, 0.15) is 16.8 Å². The van der Waals surface area contributed by atoms with Crippen LogP contribution in [0, 0.1) is 18.7 Å². The van der Waals surface area contributed by atoms with E-state index in [1.165, 1.54) is 30.5 Å². The number of hydrogen-bond acceptors (Lipinski definition) is 4. The zero-order valence-electron chi connectivity index (χ0n) is 17.7. The van der Waals surface area contributed by atoms with Crippen LogP contribution in [0.4, 0.5) is 22.0 Å². The summed E-state index contributed by atoms with van der Waals surface area (Å²) in [5.41, 5.74) is 1.87. The van der Waals surface area contributed by atoms with E-state index in [2.05, 4.69) is 9.97 Å². The molecule has 6 nitrogen and oxygen atoms in total. The number of nitrogens with one attached hydrogen (secondary N) is 1. The van der Waals surface area contributed by atoms with Crippen molar-refractivity contribution in [2.75, 3.05) is 0 Å². The number of halogens is 5. The average Bonchev–Trinajstić information content (AvgIpc) is 3.11. The summed E-state index contributed by atoms with van der Waals surface area (Å²) in [6, 6.07) is 7.30. The molecule has 12 heteroatoms. The highest BCUT2D eigenvalue weighted by molar-refractivity contribution is 7.89. The monoisotopic (exact) mass is 496 g/mol. The maximum atomic E-state index is 14.2. The first kappa shape index (κ1) is 23.8. The molecule has 1 atom stereocenters. The predicted octanol–water partition coefficient (Wildman–Crippen LogP) is 4.90. The van der Waals surface area contributed by atoms with Gasteiger partial charge in [-0.3, -0.25) is 4.98 Å². The Morgan fingerprint density at radius 1 is 1.03 bits per heavy atom. The molecule has 0 saturated heterocycles. The lowest BCUT2D eigenvalue weighted by Gasteiger charge is -2.17. The fourth-order valence-electron chi connectivity index (χ4n) is 3.39. The first-order valence-electron chi connectivity index (χ1n) is 9.86. The van der Waals surface area contributed by atoms with Crippen molar-refractivity contribution in [1.29, 1.82) is 0 Å². The lowest BCUT2D eigenvalue weighted by atomic mass is 10.1. The van der Waals surface area contributed by atoms with Gasteiger partial charge in [-0.15, -0.1) is 0 Å². The van der Waals surface area contributed by atoms with Gasteiger partial charge in [0.25, 0.3) is 0 Å². The van der Waals surface area contributed by atoms with Crippen LogP contribution in [0.5, 0.6) is 0 Å². The van der Waals surface area contributed by atoms with Crippen molar-refractivity contribution < 1.29 is 30.4 Å².